The molecule has 0 aliphatic carbocycles. The molecule has 0 saturated carbocycles. The zero-order chi connectivity index (χ0) is 14.1. The van der Waals surface area contributed by atoms with E-state index in [0.717, 1.165) is 18.5 Å². The maximum Gasteiger partial charge on any atom is 0.0700 e. The number of methoxy groups -OCH3 is 1. The van der Waals surface area contributed by atoms with Crippen molar-refractivity contribution in [3.8, 4) is 0 Å². The van der Waals surface area contributed by atoms with Crippen molar-refractivity contribution < 1.29 is 9.47 Å². The first-order chi connectivity index (χ1) is 9.16. The van der Waals surface area contributed by atoms with Crippen molar-refractivity contribution in [3.63, 3.8) is 0 Å². The number of rotatable bonds is 9. The number of hydrogen-bond donors (Lipinski definition) is 1. The van der Waals surface area contributed by atoms with Crippen molar-refractivity contribution in [2.45, 2.75) is 13.0 Å². The Morgan fingerprint density at radius 1 is 1.05 bits per heavy atom. The fourth-order valence-electron chi connectivity index (χ4n) is 1.49. The van der Waals surface area contributed by atoms with Gasteiger partial charge in [0.25, 0.3) is 0 Å². The van der Waals surface area contributed by atoms with Crippen LogP contribution in [0.3, 0.4) is 0 Å². The minimum absolute atomic E-state index is 0.512. The van der Waals surface area contributed by atoms with Gasteiger partial charge in [-0.1, -0.05) is 34.8 Å². The first-order valence-corrected chi connectivity index (χ1v) is 7.20. The molecule has 6 heteroatoms. The van der Waals surface area contributed by atoms with E-state index in [9.17, 15) is 0 Å². The van der Waals surface area contributed by atoms with E-state index in [2.05, 4.69) is 5.32 Å². The summed E-state index contributed by atoms with van der Waals surface area (Å²) in [5.41, 5.74) is 0.830. The minimum atomic E-state index is 0.512. The summed E-state index contributed by atoms with van der Waals surface area (Å²) in [4.78, 5) is 0. The average Bonchev–Trinajstić information content (AvgIpc) is 2.40. The SMILES string of the molecule is COCCOCCCNCc1c(Cl)ccc(Cl)c1Cl. The quantitative estimate of drug-likeness (QED) is 0.553. The van der Waals surface area contributed by atoms with Gasteiger partial charge in [0.15, 0.2) is 0 Å². The van der Waals surface area contributed by atoms with Gasteiger partial charge in [0.1, 0.15) is 0 Å². The third-order valence-electron chi connectivity index (χ3n) is 2.51. The fraction of sp³-hybridized carbons (Fsp3) is 0.538. The Balaban J connectivity index is 2.21. The van der Waals surface area contributed by atoms with E-state index in [-0.39, 0.29) is 0 Å². The first-order valence-electron chi connectivity index (χ1n) is 6.06. The van der Waals surface area contributed by atoms with Crippen LogP contribution >= 0.6 is 34.8 Å². The van der Waals surface area contributed by atoms with Gasteiger partial charge < -0.3 is 14.8 Å². The van der Waals surface area contributed by atoms with Gasteiger partial charge in [-0.15, -0.1) is 0 Å². The third kappa shape index (κ3) is 6.30. The van der Waals surface area contributed by atoms with Gasteiger partial charge in [-0.05, 0) is 25.1 Å². The van der Waals surface area contributed by atoms with Crippen molar-refractivity contribution in [1.82, 2.24) is 5.32 Å². The molecule has 0 aliphatic rings. The van der Waals surface area contributed by atoms with Crippen LogP contribution in [0.4, 0.5) is 0 Å². The molecule has 0 unspecified atom stereocenters. The molecule has 1 N–H and O–H groups in total. The van der Waals surface area contributed by atoms with E-state index < -0.39 is 0 Å². The van der Waals surface area contributed by atoms with Gasteiger partial charge >= 0.3 is 0 Å². The highest BCUT2D eigenvalue weighted by molar-refractivity contribution is 6.44. The monoisotopic (exact) mass is 325 g/mol. The maximum atomic E-state index is 6.10. The summed E-state index contributed by atoms with van der Waals surface area (Å²) < 4.78 is 10.2. The molecule has 0 amide bonds. The number of ether oxygens (including phenoxy) is 2. The second-order valence-electron chi connectivity index (χ2n) is 3.96. The van der Waals surface area contributed by atoms with Crippen LogP contribution in [0.15, 0.2) is 12.1 Å². The number of halogens is 3. The van der Waals surface area contributed by atoms with Crippen LogP contribution in [0.25, 0.3) is 0 Å². The topological polar surface area (TPSA) is 30.5 Å². The predicted octanol–water partition coefficient (Wildman–Crippen LogP) is 3.79. The van der Waals surface area contributed by atoms with Crippen LogP contribution in [-0.4, -0.2) is 33.5 Å². The number of nitrogens with one attached hydrogen (secondary N) is 1. The van der Waals surface area contributed by atoms with Gasteiger partial charge in [-0.3, -0.25) is 0 Å². The smallest absolute Gasteiger partial charge is 0.0700 e. The summed E-state index contributed by atoms with van der Waals surface area (Å²) in [7, 11) is 1.66. The Bertz CT molecular complexity index is 388. The van der Waals surface area contributed by atoms with Crippen LogP contribution in [0, 0.1) is 0 Å². The minimum Gasteiger partial charge on any atom is -0.382 e. The van der Waals surface area contributed by atoms with E-state index in [0.29, 0.717) is 41.4 Å². The standard InChI is InChI=1S/C13H18Cl3NO2/c1-18-7-8-19-6-2-5-17-9-10-11(14)3-4-12(15)13(10)16/h3-4,17H,2,5-9H2,1H3. The Labute approximate surface area is 129 Å². The molecule has 19 heavy (non-hydrogen) atoms. The summed E-state index contributed by atoms with van der Waals surface area (Å²) >= 11 is 18.1. The Morgan fingerprint density at radius 3 is 2.53 bits per heavy atom. The molecule has 1 aromatic rings. The zero-order valence-electron chi connectivity index (χ0n) is 10.8. The number of benzene rings is 1. The molecular weight excluding hydrogens is 309 g/mol. The summed E-state index contributed by atoms with van der Waals surface area (Å²) in [6.07, 6.45) is 0.916. The molecular formula is C13H18Cl3NO2. The Morgan fingerprint density at radius 2 is 1.79 bits per heavy atom. The van der Waals surface area contributed by atoms with Gasteiger partial charge in [0, 0.05) is 30.8 Å². The van der Waals surface area contributed by atoms with Gasteiger partial charge in [0.2, 0.25) is 0 Å². The molecule has 1 rings (SSSR count). The van der Waals surface area contributed by atoms with E-state index in [4.69, 9.17) is 44.3 Å². The zero-order valence-corrected chi connectivity index (χ0v) is 13.1. The third-order valence-corrected chi connectivity index (χ3v) is 3.71. The van der Waals surface area contributed by atoms with Gasteiger partial charge in [0.05, 0.1) is 23.3 Å². The van der Waals surface area contributed by atoms with E-state index in [1.54, 1.807) is 19.2 Å². The van der Waals surface area contributed by atoms with E-state index in [1.165, 1.54) is 0 Å². The van der Waals surface area contributed by atoms with Crippen LogP contribution in [0.1, 0.15) is 12.0 Å². The molecule has 0 radical (unpaired) electrons. The van der Waals surface area contributed by atoms with Crippen LogP contribution in [0.5, 0.6) is 0 Å². The summed E-state index contributed by atoms with van der Waals surface area (Å²) in [6.45, 7) is 3.37. The maximum absolute atomic E-state index is 6.10. The summed E-state index contributed by atoms with van der Waals surface area (Å²) in [5, 5.41) is 4.92. The van der Waals surface area contributed by atoms with Crippen LogP contribution < -0.4 is 5.32 Å². The molecule has 3 nitrogen and oxygen atoms in total. The second kappa shape index (κ2) is 9.81. The van der Waals surface area contributed by atoms with Crippen molar-refractivity contribution >= 4 is 34.8 Å². The number of hydrogen-bond acceptors (Lipinski definition) is 3. The highest BCUT2D eigenvalue weighted by Gasteiger charge is 2.08. The van der Waals surface area contributed by atoms with E-state index >= 15 is 0 Å². The van der Waals surface area contributed by atoms with Crippen molar-refractivity contribution in [3.05, 3.63) is 32.8 Å². The fourth-order valence-corrected chi connectivity index (χ4v) is 2.17. The Hall–Kier alpha value is -0.0300. The molecule has 1 aromatic carbocycles. The molecule has 108 valence electrons. The molecule has 0 fully saturated rings. The Kier molecular flexibility index (Phi) is 8.79. The first kappa shape index (κ1) is 17.0. The lowest BCUT2D eigenvalue weighted by molar-refractivity contribution is 0.0695. The highest BCUT2D eigenvalue weighted by atomic mass is 35.5. The van der Waals surface area contributed by atoms with Crippen LogP contribution in [0.2, 0.25) is 15.1 Å². The average molecular weight is 327 g/mol. The van der Waals surface area contributed by atoms with Gasteiger partial charge in [-0.2, -0.15) is 0 Å². The van der Waals surface area contributed by atoms with Crippen molar-refractivity contribution in [1.29, 1.82) is 0 Å². The lowest BCUT2D eigenvalue weighted by Crippen LogP contribution is -2.17. The molecule has 0 aliphatic heterocycles. The van der Waals surface area contributed by atoms with Crippen molar-refractivity contribution in [2.24, 2.45) is 0 Å². The largest absolute Gasteiger partial charge is 0.382 e. The molecule has 0 heterocycles. The predicted molar refractivity (Wildman–Crippen MR) is 80.5 cm³/mol. The lowest BCUT2D eigenvalue weighted by Gasteiger charge is -2.10. The highest BCUT2D eigenvalue weighted by Crippen LogP contribution is 2.31. The summed E-state index contributed by atoms with van der Waals surface area (Å²) in [6, 6.07) is 3.44. The van der Waals surface area contributed by atoms with Crippen molar-refractivity contribution in [2.75, 3.05) is 33.5 Å². The lowest BCUT2D eigenvalue weighted by atomic mass is 10.2. The molecule has 0 atom stereocenters. The second-order valence-corrected chi connectivity index (χ2v) is 5.15. The van der Waals surface area contributed by atoms with Gasteiger partial charge in [-0.25, -0.2) is 0 Å². The van der Waals surface area contributed by atoms with Crippen LogP contribution in [-0.2, 0) is 16.0 Å². The normalized spacial score (nSPS) is 10.9. The molecule has 0 saturated heterocycles. The van der Waals surface area contributed by atoms with E-state index in [1.807, 2.05) is 0 Å². The molecule has 0 aromatic heterocycles. The molecule has 0 bridgehead atoms. The summed E-state index contributed by atoms with van der Waals surface area (Å²) in [5.74, 6) is 0. The molecule has 0 spiro atoms.